The molecule has 8 nitrogen and oxygen atoms in total. The van der Waals surface area contributed by atoms with Gasteiger partial charge in [0, 0.05) is 10.8 Å². The maximum Gasteiger partial charge on any atom is 0.295 e. The Hall–Kier alpha value is -3.17. The Morgan fingerprint density at radius 2 is 1.58 bits per heavy atom. The van der Waals surface area contributed by atoms with Gasteiger partial charge in [0.25, 0.3) is 10.1 Å². The van der Waals surface area contributed by atoms with Gasteiger partial charge in [0.15, 0.2) is 0 Å². The average Bonchev–Trinajstić information content (AvgIpc) is 2.61. The highest BCUT2D eigenvalue weighted by Crippen LogP contribution is 2.40. The largest absolute Gasteiger partial charge is 0.305 e. The lowest BCUT2D eigenvalue weighted by molar-refractivity contribution is 0.484. The molecular weight excluding hydrogens is 354 g/mol. The molecule has 9 heteroatoms. The van der Waals surface area contributed by atoms with Crippen molar-refractivity contribution in [3.05, 3.63) is 60.2 Å². The molecule has 0 unspecified atom stereocenters. The van der Waals surface area contributed by atoms with Gasteiger partial charge in [0.05, 0.1) is 5.69 Å². The lowest BCUT2D eigenvalue weighted by Gasteiger charge is -2.08. The number of aryl methyl sites for hydroxylation is 1. The number of nitrogens with zero attached hydrogens (tertiary/aromatic N) is 4. The van der Waals surface area contributed by atoms with Gasteiger partial charge in [-0.1, -0.05) is 47.2 Å². The molecule has 0 saturated carbocycles. The lowest BCUT2D eigenvalue weighted by Crippen LogP contribution is -1.99. The van der Waals surface area contributed by atoms with Crippen LogP contribution in [0.4, 0.5) is 17.1 Å². The standard InChI is InChI=1S/C17H15N5O3S/c1-11-6-8-12(9-7-11)19-20-15-10-16(26(23,24)25)13-4-2-3-5-14(13)17(15)21-22-18/h2-10H,1H3,(H2,18,21)(H,23,24,25). The van der Waals surface area contributed by atoms with Gasteiger partial charge in [0.1, 0.15) is 16.3 Å². The fourth-order valence-electron chi connectivity index (χ4n) is 2.49. The van der Waals surface area contributed by atoms with Crippen LogP contribution in [0.3, 0.4) is 0 Å². The summed E-state index contributed by atoms with van der Waals surface area (Å²) < 4.78 is 33.1. The smallest absolute Gasteiger partial charge is 0.295 e. The summed E-state index contributed by atoms with van der Waals surface area (Å²) in [4.78, 5) is -0.290. The van der Waals surface area contributed by atoms with Crippen LogP contribution in [0.5, 0.6) is 0 Å². The number of hydrogen-bond acceptors (Lipinski definition) is 6. The van der Waals surface area contributed by atoms with Gasteiger partial charge in [-0.15, -0.1) is 10.2 Å². The Labute approximate surface area is 149 Å². The quantitative estimate of drug-likeness (QED) is 0.297. The number of benzene rings is 3. The van der Waals surface area contributed by atoms with E-state index < -0.39 is 10.1 Å². The average molecular weight is 369 g/mol. The van der Waals surface area contributed by atoms with Crippen molar-refractivity contribution >= 4 is 38.0 Å². The molecule has 0 saturated heterocycles. The van der Waals surface area contributed by atoms with Gasteiger partial charge in [-0.25, -0.2) is 0 Å². The molecule has 0 atom stereocenters. The van der Waals surface area contributed by atoms with Gasteiger partial charge < -0.3 is 5.84 Å². The minimum atomic E-state index is -4.48. The van der Waals surface area contributed by atoms with Crippen LogP contribution in [0.1, 0.15) is 5.56 Å². The van der Waals surface area contributed by atoms with Crippen molar-refractivity contribution < 1.29 is 13.0 Å². The van der Waals surface area contributed by atoms with Crippen LogP contribution >= 0.6 is 0 Å². The van der Waals surface area contributed by atoms with Crippen molar-refractivity contribution in [3.63, 3.8) is 0 Å². The van der Waals surface area contributed by atoms with Crippen LogP contribution in [-0.4, -0.2) is 13.0 Å². The summed E-state index contributed by atoms with van der Waals surface area (Å²) in [5, 5.41) is 16.0. The van der Waals surface area contributed by atoms with Crippen LogP contribution in [0.15, 0.2) is 80.1 Å². The van der Waals surface area contributed by atoms with Crippen molar-refractivity contribution in [2.75, 3.05) is 0 Å². The summed E-state index contributed by atoms with van der Waals surface area (Å²) in [5.41, 5.74) is 2.02. The molecule has 0 heterocycles. The molecule has 0 amide bonds. The van der Waals surface area contributed by atoms with Crippen LogP contribution < -0.4 is 5.84 Å². The fourth-order valence-corrected chi connectivity index (χ4v) is 3.20. The molecule has 26 heavy (non-hydrogen) atoms. The second-order valence-corrected chi connectivity index (χ2v) is 6.90. The van der Waals surface area contributed by atoms with Crippen molar-refractivity contribution in [1.29, 1.82) is 0 Å². The van der Waals surface area contributed by atoms with Crippen molar-refractivity contribution in [3.8, 4) is 0 Å². The predicted octanol–water partition coefficient (Wildman–Crippen LogP) is 4.77. The van der Waals surface area contributed by atoms with E-state index in [0.29, 0.717) is 11.1 Å². The number of hydrogen-bond donors (Lipinski definition) is 2. The van der Waals surface area contributed by atoms with Gasteiger partial charge in [-0.2, -0.15) is 13.5 Å². The molecule has 0 aromatic heterocycles. The van der Waals surface area contributed by atoms with Gasteiger partial charge >= 0.3 is 0 Å². The number of fused-ring (bicyclic) bond motifs is 1. The summed E-state index contributed by atoms with van der Waals surface area (Å²) >= 11 is 0. The van der Waals surface area contributed by atoms with E-state index in [2.05, 4.69) is 20.6 Å². The van der Waals surface area contributed by atoms with Crippen LogP contribution in [0.2, 0.25) is 0 Å². The first-order valence-electron chi connectivity index (χ1n) is 7.53. The monoisotopic (exact) mass is 369 g/mol. The summed E-state index contributed by atoms with van der Waals surface area (Å²) in [7, 11) is -4.48. The van der Waals surface area contributed by atoms with E-state index in [4.69, 9.17) is 5.84 Å². The maximum atomic E-state index is 11.8. The minimum absolute atomic E-state index is 0.117. The summed E-state index contributed by atoms with van der Waals surface area (Å²) in [5.74, 6) is 5.19. The molecule has 0 fully saturated rings. The van der Waals surface area contributed by atoms with E-state index in [1.54, 1.807) is 36.4 Å². The molecule has 0 aliphatic heterocycles. The van der Waals surface area contributed by atoms with E-state index in [0.717, 1.165) is 5.56 Å². The number of azo groups is 1. The first kappa shape index (κ1) is 17.6. The third-order valence-corrected chi connectivity index (χ3v) is 4.59. The van der Waals surface area contributed by atoms with E-state index in [1.807, 2.05) is 19.1 Å². The van der Waals surface area contributed by atoms with Crippen molar-refractivity contribution in [1.82, 2.24) is 0 Å². The third-order valence-electron chi connectivity index (χ3n) is 3.70. The lowest BCUT2D eigenvalue weighted by atomic mass is 10.1. The summed E-state index contributed by atoms with van der Waals surface area (Å²) in [6.45, 7) is 1.95. The first-order valence-corrected chi connectivity index (χ1v) is 8.97. The van der Waals surface area contributed by atoms with Crippen LogP contribution in [0, 0.1) is 6.92 Å². The van der Waals surface area contributed by atoms with E-state index in [-0.39, 0.29) is 21.7 Å². The molecular formula is C17H15N5O3S. The number of rotatable bonds is 4. The van der Waals surface area contributed by atoms with Crippen molar-refractivity contribution in [2.24, 2.45) is 26.4 Å². The van der Waals surface area contributed by atoms with Gasteiger partial charge in [-0.3, -0.25) is 4.55 Å². The summed E-state index contributed by atoms with van der Waals surface area (Å²) in [6, 6.07) is 15.0. The molecule has 3 aromatic carbocycles. The van der Waals surface area contributed by atoms with Crippen LogP contribution in [-0.2, 0) is 10.1 Å². The highest BCUT2D eigenvalue weighted by atomic mass is 32.2. The Morgan fingerprint density at radius 3 is 2.19 bits per heavy atom. The third kappa shape index (κ3) is 3.58. The molecule has 0 spiro atoms. The Balaban J connectivity index is 2.26. The molecule has 0 radical (unpaired) electrons. The second-order valence-electron chi connectivity index (χ2n) is 5.51. The zero-order valence-corrected chi connectivity index (χ0v) is 14.6. The summed E-state index contributed by atoms with van der Waals surface area (Å²) in [6.07, 6.45) is 0. The predicted molar refractivity (Wildman–Crippen MR) is 97.8 cm³/mol. The highest BCUT2D eigenvalue weighted by Gasteiger charge is 2.19. The Kier molecular flexibility index (Phi) is 4.74. The minimum Gasteiger partial charge on any atom is -0.305 e. The number of nitrogens with two attached hydrogens (primary N) is 1. The topological polar surface area (TPSA) is 130 Å². The Bertz CT molecular complexity index is 1120. The van der Waals surface area contributed by atoms with E-state index in [1.165, 1.54) is 6.07 Å². The zero-order chi connectivity index (χ0) is 18.7. The Morgan fingerprint density at radius 1 is 0.923 bits per heavy atom. The first-order chi connectivity index (χ1) is 12.4. The van der Waals surface area contributed by atoms with Crippen molar-refractivity contribution in [2.45, 2.75) is 11.8 Å². The molecule has 132 valence electrons. The van der Waals surface area contributed by atoms with Gasteiger partial charge in [0.2, 0.25) is 0 Å². The molecule has 0 bridgehead atoms. The molecule has 3 rings (SSSR count). The molecule has 3 N–H and O–H groups in total. The van der Waals surface area contributed by atoms with E-state index >= 15 is 0 Å². The fraction of sp³-hybridized carbons (Fsp3) is 0.0588. The SMILES string of the molecule is Cc1ccc(N=Nc2cc(S(=O)(=O)O)c3ccccc3c2N=NN)cc1. The second kappa shape index (κ2) is 6.98. The van der Waals surface area contributed by atoms with Gasteiger partial charge in [-0.05, 0) is 25.1 Å². The maximum absolute atomic E-state index is 11.8. The normalized spacial score (nSPS) is 12.4. The molecule has 0 aliphatic carbocycles. The van der Waals surface area contributed by atoms with Crippen LogP contribution in [0.25, 0.3) is 10.8 Å². The highest BCUT2D eigenvalue weighted by molar-refractivity contribution is 7.86. The van der Waals surface area contributed by atoms with E-state index in [9.17, 15) is 13.0 Å². The molecule has 0 aliphatic rings. The zero-order valence-electron chi connectivity index (χ0n) is 13.7. The molecule has 3 aromatic rings.